The van der Waals surface area contributed by atoms with Gasteiger partial charge in [0.2, 0.25) is 0 Å². The molecule has 2 aromatic rings. The molecular formula is C16H17NO2. The van der Waals surface area contributed by atoms with E-state index in [0.717, 1.165) is 23.3 Å². The number of carbonyl (C=O) groups excluding carboxylic acids is 1. The molecule has 0 N–H and O–H groups in total. The lowest BCUT2D eigenvalue weighted by Crippen LogP contribution is -2.27. The van der Waals surface area contributed by atoms with Gasteiger partial charge in [0.05, 0.1) is 12.5 Å². The van der Waals surface area contributed by atoms with Gasteiger partial charge >= 0.3 is 0 Å². The van der Waals surface area contributed by atoms with Gasteiger partial charge < -0.3 is 9.53 Å². The van der Waals surface area contributed by atoms with Gasteiger partial charge in [0.25, 0.3) is 0 Å². The van der Waals surface area contributed by atoms with Crippen LogP contribution in [0, 0.1) is 0 Å². The Morgan fingerprint density at radius 2 is 1.95 bits per heavy atom. The molecule has 19 heavy (non-hydrogen) atoms. The van der Waals surface area contributed by atoms with Crippen molar-refractivity contribution < 1.29 is 9.53 Å². The van der Waals surface area contributed by atoms with Crippen LogP contribution in [-0.2, 0) is 16.6 Å². The first kappa shape index (κ1) is 13.3. The highest BCUT2D eigenvalue weighted by Crippen LogP contribution is 2.32. The third-order valence-corrected chi connectivity index (χ3v) is 3.26. The molecule has 1 aromatic heterocycles. The molecule has 0 aliphatic carbocycles. The maximum Gasteiger partial charge on any atom is 0.130 e. The van der Waals surface area contributed by atoms with E-state index in [1.807, 2.05) is 49.4 Å². The number of aldehydes is 1. The molecule has 2 rings (SSSR count). The molecule has 1 heterocycles. The van der Waals surface area contributed by atoms with Crippen molar-refractivity contribution in [3.8, 4) is 5.75 Å². The molecule has 1 atom stereocenters. The molecule has 0 spiro atoms. The number of hydrogen-bond acceptors (Lipinski definition) is 3. The van der Waals surface area contributed by atoms with Crippen LogP contribution in [0.15, 0.2) is 48.7 Å². The Bertz CT molecular complexity index is 554. The highest BCUT2D eigenvalue weighted by molar-refractivity contribution is 5.70. The monoisotopic (exact) mass is 255 g/mol. The minimum absolute atomic E-state index is 0.553. The molecule has 0 saturated carbocycles. The van der Waals surface area contributed by atoms with Gasteiger partial charge in [0.1, 0.15) is 12.0 Å². The van der Waals surface area contributed by atoms with Gasteiger partial charge in [-0.25, -0.2) is 0 Å². The minimum atomic E-state index is -0.638. The molecule has 3 nitrogen and oxygen atoms in total. The number of ether oxygens (including phenoxy) is 1. The normalized spacial score (nSPS) is 13.6. The Balaban J connectivity index is 2.39. The SMILES string of the molecule is COc1ccccc1C(C)(C=O)Cc1ccccn1. The van der Waals surface area contributed by atoms with Crippen molar-refractivity contribution in [1.29, 1.82) is 0 Å². The van der Waals surface area contributed by atoms with Gasteiger partial charge in [-0.05, 0) is 25.1 Å². The second kappa shape index (κ2) is 5.65. The van der Waals surface area contributed by atoms with Crippen LogP contribution in [0.4, 0.5) is 0 Å². The molecule has 1 aromatic carbocycles. The summed E-state index contributed by atoms with van der Waals surface area (Å²) < 4.78 is 5.35. The van der Waals surface area contributed by atoms with Crippen LogP contribution in [0.1, 0.15) is 18.2 Å². The van der Waals surface area contributed by atoms with E-state index in [9.17, 15) is 4.79 Å². The minimum Gasteiger partial charge on any atom is -0.496 e. The van der Waals surface area contributed by atoms with Crippen molar-refractivity contribution in [1.82, 2.24) is 4.98 Å². The predicted octanol–water partition coefficient (Wildman–Crippen LogP) is 2.79. The number of aromatic nitrogens is 1. The molecule has 0 aliphatic rings. The summed E-state index contributed by atoms with van der Waals surface area (Å²) in [5.41, 5.74) is 1.14. The fourth-order valence-electron chi connectivity index (χ4n) is 2.20. The predicted molar refractivity (Wildman–Crippen MR) is 74.4 cm³/mol. The van der Waals surface area contributed by atoms with Crippen molar-refractivity contribution in [2.45, 2.75) is 18.8 Å². The number of hydrogen-bond donors (Lipinski definition) is 0. The van der Waals surface area contributed by atoms with E-state index in [1.165, 1.54) is 0 Å². The van der Waals surface area contributed by atoms with Crippen LogP contribution in [0.2, 0.25) is 0 Å². The zero-order valence-electron chi connectivity index (χ0n) is 11.2. The van der Waals surface area contributed by atoms with Gasteiger partial charge in [0.15, 0.2) is 0 Å². The van der Waals surface area contributed by atoms with E-state index >= 15 is 0 Å². The summed E-state index contributed by atoms with van der Waals surface area (Å²) in [5, 5.41) is 0. The number of para-hydroxylation sites is 1. The first-order valence-corrected chi connectivity index (χ1v) is 6.19. The lowest BCUT2D eigenvalue weighted by molar-refractivity contribution is -0.112. The Labute approximate surface area is 113 Å². The summed E-state index contributed by atoms with van der Waals surface area (Å²) in [6.07, 6.45) is 3.26. The zero-order valence-corrected chi connectivity index (χ0v) is 11.2. The second-order valence-electron chi connectivity index (χ2n) is 4.73. The third kappa shape index (κ3) is 2.81. The average Bonchev–Trinajstić information content (AvgIpc) is 2.48. The molecule has 0 bridgehead atoms. The number of rotatable bonds is 5. The molecule has 0 aliphatic heterocycles. The first-order valence-electron chi connectivity index (χ1n) is 6.19. The topological polar surface area (TPSA) is 39.2 Å². The molecular weight excluding hydrogens is 238 g/mol. The molecule has 0 fully saturated rings. The van der Waals surface area contributed by atoms with E-state index in [1.54, 1.807) is 13.3 Å². The van der Waals surface area contributed by atoms with Gasteiger partial charge in [-0.1, -0.05) is 24.3 Å². The van der Waals surface area contributed by atoms with E-state index in [0.29, 0.717) is 6.42 Å². The van der Waals surface area contributed by atoms with Crippen molar-refractivity contribution in [2.24, 2.45) is 0 Å². The number of methoxy groups -OCH3 is 1. The molecule has 0 amide bonds. The standard InChI is InChI=1S/C16H17NO2/c1-16(12-18,11-13-7-5-6-10-17-13)14-8-3-4-9-15(14)19-2/h3-10,12H,11H2,1-2H3. The van der Waals surface area contributed by atoms with E-state index < -0.39 is 5.41 Å². The van der Waals surface area contributed by atoms with Crippen LogP contribution >= 0.6 is 0 Å². The largest absolute Gasteiger partial charge is 0.496 e. The van der Waals surface area contributed by atoms with Crippen LogP contribution in [0.25, 0.3) is 0 Å². The molecule has 0 radical (unpaired) electrons. The summed E-state index contributed by atoms with van der Waals surface area (Å²) in [4.78, 5) is 15.9. The summed E-state index contributed by atoms with van der Waals surface area (Å²) in [5.74, 6) is 0.730. The third-order valence-electron chi connectivity index (χ3n) is 3.26. The van der Waals surface area contributed by atoms with Crippen LogP contribution in [0.3, 0.4) is 0 Å². The number of benzene rings is 1. The highest BCUT2D eigenvalue weighted by Gasteiger charge is 2.30. The fraction of sp³-hybridized carbons (Fsp3) is 0.250. The Morgan fingerprint density at radius 3 is 2.58 bits per heavy atom. The Hall–Kier alpha value is -2.16. The Morgan fingerprint density at radius 1 is 1.21 bits per heavy atom. The zero-order chi connectivity index (χ0) is 13.7. The second-order valence-corrected chi connectivity index (χ2v) is 4.73. The smallest absolute Gasteiger partial charge is 0.130 e. The quantitative estimate of drug-likeness (QED) is 0.771. The van der Waals surface area contributed by atoms with Crippen molar-refractivity contribution >= 4 is 6.29 Å². The van der Waals surface area contributed by atoms with Gasteiger partial charge in [0, 0.05) is 23.9 Å². The van der Waals surface area contributed by atoms with E-state index in [-0.39, 0.29) is 0 Å². The van der Waals surface area contributed by atoms with Gasteiger partial charge in [-0.2, -0.15) is 0 Å². The highest BCUT2D eigenvalue weighted by atomic mass is 16.5. The van der Waals surface area contributed by atoms with E-state index in [4.69, 9.17) is 4.74 Å². The summed E-state index contributed by atoms with van der Waals surface area (Å²) in [7, 11) is 1.62. The van der Waals surface area contributed by atoms with E-state index in [2.05, 4.69) is 4.98 Å². The lowest BCUT2D eigenvalue weighted by atomic mass is 9.79. The first-order chi connectivity index (χ1) is 9.19. The van der Waals surface area contributed by atoms with Crippen molar-refractivity contribution in [3.63, 3.8) is 0 Å². The fourth-order valence-corrected chi connectivity index (χ4v) is 2.20. The molecule has 98 valence electrons. The average molecular weight is 255 g/mol. The summed E-state index contributed by atoms with van der Waals surface area (Å²) >= 11 is 0. The number of pyridine rings is 1. The maximum absolute atomic E-state index is 11.6. The van der Waals surface area contributed by atoms with Crippen LogP contribution in [-0.4, -0.2) is 18.4 Å². The van der Waals surface area contributed by atoms with Crippen molar-refractivity contribution in [2.75, 3.05) is 7.11 Å². The van der Waals surface area contributed by atoms with Gasteiger partial charge in [-0.3, -0.25) is 4.98 Å². The summed E-state index contributed by atoms with van der Waals surface area (Å²) in [6, 6.07) is 13.3. The molecule has 3 heteroatoms. The number of nitrogens with zero attached hydrogens (tertiary/aromatic N) is 1. The van der Waals surface area contributed by atoms with Gasteiger partial charge in [-0.15, -0.1) is 0 Å². The summed E-state index contributed by atoms with van der Waals surface area (Å²) in [6.45, 7) is 1.91. The Kier molecular flexibility index (Phi) is 3.95. The van der Waals surface area contributed by atoms with Crippen LogP contribution in [0.5, 0.6) is 5.75 Å². The maximum atomic E-state index is 11.6. The molecule has 1 unspecified atom stereocenters. The molecule has 0 saturated heterocycles. The van der Waals surface area contributed by atoms with Crippen molar-refractivity contribution in [3.05, 3.63) is 59.9 Å². The van der Waals surface area contributed by atoms with Crippen LogP contribution < -0.4 is 4.74 Å². The number of carbonyl (C=O) groups is 1. The lowest BCUT2D eigenvalue weighted by Gasteiger charge is -2.25.